The number of carbonyl (C=O) groups excluding carboxylic acids is 3. The molecule has 11 aromatic heterocycles. The van der Waals surface area contributed by atoms with E-state index in [9.17, 15) is 31.9 Å². The molecule has 26 heteroatoms. The molecular weight excluding hydrogens is 1600 g/mol. The highest BCUT2D eigenvalue weighted by molar-refractivity contribution is 6.02. The average molecular weight is 1700 g/mol. The zero-order valence-electron chi connectivity index (χ0n) is 71.1. The molecule has 0 unspecified atom stereocenters. The Balaban J connectivity index is 0.000000111. The Hall–Kier alpha value is -14.0. The number of benzene rings is 5. The molecule has 0 saturated carbocycles. The second-order valence-corrected chi connectivity index (χ2v) is 34.2. The van der Waals surface area contributed by atoms with Gasteiger partial charge in [0.05, 0.1) is 58.0 Å². The standard InChI is InChI=1S/3C27H26FN5O.C20H17FN4/c2*1-17-13-19(4-6-22(17)28)26-21(3-2-10-29-26)20-5-7-25-30-14-24(33(25)15-20)27(34)31-23-16-32-11-8-18(23)9-12-32;1-17-13-20(4-5-23(17)28)26-21(3-2-9-29-26)19-8-12-33-25(14-19)22(15-30-33)27(34)31-24-16-32-10-6-18(24)7-11-32;1-12-10-14(5-7-17(12)21)19-15(4-3-9-23-19)13-6-8-18-16(11-13)20(22)24-25(18)2/h2*2-7,10,13-15,18,23H,8-9,11-12,16H2,1H3,(H,31,34);2-5,8-9,12-15,18,24H,6-7,10-11,16H2,1H3,(H,31,34);3-11H,1-2H3,(H2,22,24)/t2*23-;24-;/m101./s1. The van der Waals surface area contributed by atoms with Crippen molar-refractivity contribution in [2.24, 2.45) is 24.8 Å². The molecule has 5 N–H and O–H groups in total. The smallest absolute Gasteiger partial charge is 0.270 e. The van der Waals surface area contributed by atoms with Gasteiger partial charge in [-0.3, -0.25) is 47.8 Å². The van der Waals surface area contributed by atoms with Crippen LogP contribution in [0.3, 0.4) is 0 Å². The van der Waals surface area contributed by atoms with Gasteiger partial charge in [0.15, 0.2) is 5.82 Å². The number of aromatic nitrogens is 12. The molecule has 9 aliphatic rings. The number of fused-ring (bicyclic) bond motifs is 13. The highest BCUT2D eigenvalue weighted by atomic mass is 19.1. The Bertz CT molecular complexity index is 6390. The van der Waals surface area contributed by atoms with E-state index in [2.05, 4.69) is 70.8 Å². The lowest BCUT2D eigenvalue weighted by Crippen LogP contribution is -2.57. The lowest BCUT2D eigenvalue weighted by atomic mass is 9.84. The molecule has 127 heavy (non-hydrogen) atoms. The van der Waals surface area contributed by atoms with Gasteiger partial charge in [-0.2, -0.15) is 10.2 Å². The number of nitrogens with two attached hydrogens (primary N) is 1. The largest absolute Gasteiger partial charge is 0.382 e. The maximum absolute atomic E-state index is 13.8. The van der Waals surface area contributed by atoms with Gasteiger partial charge in [0, 0.05) is 149 Å². The number of imidazole rings is 2. The predicted octanol–water partition coefficient (Wildman–Crippen LogP) is 17.3. The predicted molar refractivity (Wildman–Crippen MR) is 485 cm³/mol. The summed E-state index contributed by atoms with van der Waals surface area (Å²) >= 11 is 0. The molecule has 0 radical (unpaired) electrons. The van der Waals surface area contributed by atoms with Gasteiger partial charge in [-0.05, 0) is 302 Å². The molecule has 0 spiro atoms. The van der Waals surface area contributed by atoms with Crippen molar-refractivity contribution in [2.45, 2.75) is 84.3 Å². The van der Waals surface area contributed by atoms with Crippen molar-refractivity contribution in [3.8, 4) is 89.5 Å². The van der Waals surface area contributed by atoms with Crippen LogP contribution in [-0.2, 0) is 7.05 Å². The van der Waals surface area contributed by atoms with E-state index in [-0.39, 0.29) is 59.1 Å². The van der Waals surface area contributed by atoms with E-state index in [4.69, 9.17) is 5.73 Å². The number of amides is 3. The van der Waals surface area contributed by atoms with Crippen LogP contribution in [0, 0.1) is 68.7 Å². The summed E-state index contributed by atoms with van der Waals surface area (Å²) in [7, 11) is 1.87. The Morgan fingerprint density at radius 1 is 0.386 bits per heavy atom. The van der Waals surface area contributed by atoms with Gasteiger partial charge in [-0.1, -0.05) is 30.3 Å². The molecule has 640 valence electrons. The van der Waals surface area contributed by atoms with Gasteiger partial charge in [0.2, 0.25) is 0 Å². The first-order valence-electron chi connectivity index (χ1n) is 43.4. The first-order chi connectivity index (χ1) is 61.7. The van der Waals surface area contributed by atoms with E-state index < -0.39 is 0 Å². The number of piperidine rings is 9. The monoisotopic (exact) mass is 1700 g/mol. The van der Waals surface area contributed by atoms with Crippen molar-refractivity contribution in [3.63, 3.8) is 0 Å². The Morgan fingerprint density at radius 2 is 0.740 bits per heavy atom. The van der Waals surface area contributed by atoms with Crippen LogP contribution in [0.25, 0.3) is 117 Å². The second kappa shape index (κ2) is 35.2. The molecule has 3 amide bonds. The quantitative estimate of drug-likeness (QED) is 0.0740. The molecule has 5 aromatic carbocycles. The van der Waals surface area contributed by atoms with Crippen LogP contribution in [0.1, 0.15) is 92.1 Å². The molecular formula is C101H95F4N19O3. The number of hydrogen-bond acceptors (Lipinski definition) is 15. The number of halogens is 4. The van der Waals surface area contributed by atoms with Gasteiger partial charge in [-0.15, -0.1) is 0 Å². The molecule has 9 saturated heterocycles. The van der Waals surface area contributed by atoms with E-state index in [1.165, 1.54) is 24.3 Å². The minimum Gasteiger partial charge on any atom is -0.382 e. The fourth-order valence-electron chi connectivity index (χ4n) is 19.2. The van der Waals surface area contributed by atoms with Crippen molar-refractivity contribution in [1.29, 1.82) is 0 Å². The zero-order chi connectivity index (χ0) is 87.3. The Labute approximate surface area is 731 Å². The van der Waals surface area contributed by atoms with E-state index in [1.54, 1.807) is 105 Å². The van der Waals surface area contributed by atoms with Gasteiger partial charge in [0.25, 0.3) is 17.7 Å². The zero-order valence-corrected chi connectivity index (χ0v) is 71.1. The van der Waals surface area contributed by atoms with Crippen molar-refractivity contribution in [3.05, 3.63) is 300 Å². The van der Waals surface area contributed by atoms with Crippen molar-refractivity contribution >= 4 is 51.3 Å². The number of hydrogen-bond donors (Lipinski definition) is 4. The first kappa shape index (κ1) is 82.6. The van der Waals surface area contributed by atoms with E-state index in [0.717, 1.165) is 203 Å². The van der Waals surface area contributed by atoms with Gasteiger partial charge >= 0.3 is 0 Å². The maximum atomic E-state index is 13.8. The normalized spacial score (nSPS) is 19.6. The lowest BCUT2D eigenvalue weighted by molar-refractivity contribution is 0.0614. The van der Waals surface area contributed by atoms with Gasteiger partial charge in [0.1, 0.15) is 46.0 Å². The summed E-state index contributed by atoms with van der Waals surface area (Å²) in [4.78, 5) is 74.2. The summed E-state index contributed by atoms with van der Waals surface area (Å²) in [5.41, 5.74) is 27.1. The topological polar surface area (TPSA) is 244 Å². The minimum atomic E-state index is -0.236. The van der Waals surface area contributed by atoms with Crippen LogP contribution in [0.2, 0.25) is 0 Å². The van der Waals surface area contributed by atoms with Crippen LogP contribution < -0.4 is 21.7 Å². The first-order valence-corrected chi connectivity index (χ1v) is 43.4. The van der Waals surface area contributed by atoms with Gasteiger partial charge in [-0.25, -0.2) is 32.0 Å². The number of rotatable bonds is 14. The molecule has 3 atom stereocenters. The fourth-order valence-corrected chi connectivity index (χ4v) is 19.2. The van der Waals surface area contributed by atoms with Crippen molar-refractivity contribution in [2.75, 3.05) is 64.6 Å². The number of anilines is 1. The van der Waals surface area contributed by atoms with Crippen LogP contribution in [0.4, 0.5) is 23.4 Å². The number of pyridine rings is 7. The molecule has 0 aliphatic carbocycles. The Kier molecular flexibility index (Phi) is 22.9. The third-order valence-corrected chi connectivity index (χ3v) is 26.2. The summed E-state index contributed by atoms with van der Waals surface area (Å²) in [5.74, 6) is 0.984. The lowest BCUT2D eigenvalue weighted by Gasteiger charge is -2.44. The highest BCUT2D eigenvalue weighted by Crippen LogP contribution is 2.40. The minimum absolute atomic E-state index is 0.0773. The summed E-state index contributed by atoms with van der Waals surface area (Å²) in [6.07, 6.45) is 24.5. The van der Waals surface area contributed by atoms with Crippen LogP contribution >= 0.6 is 0 Å². The van der Waals surface area contributed by atoms with Crippen molar-refractivity contribution < 1.29 is 31.9 Å². The molecule has 22 nitrogen and oxygen atoms in total. The molecule has 9 fully saturated rings. The van der Waals surface area contributed by atoms with E-state index in [0.29, 0.717) is 74.1 Å². The molecule has 25 rings (SSSR count). The maximum Gasteiger partial charge on any atom is 0.270 e. The van der Waals surface area contributed by atoms with Crippen molar-refractivity contribution in [1.82, 2.24) is 88.7 Å². The number of nitrogens with zero attached hydrogens (tertiary/aromatic N) is 15. The Morgan fingerprint density at radius 3 is 1.11 bits per heavy atom. The van der Waals surface area contributed by atoms with E-state index >= 15 is 0 Å². The van der Waals surface area contributed by atoms with Crippen LogP contribution in [-0.4, -0.2) is 168 Å². The summed E-state index contributed by atoms with van der Waals surface area (Å²) in [6.45, 7) is 16.6. The fraction of sp³-hybridized carbons (Fsp3) is 0.257. The van der Waals surface area contributed by atoms with Gasteiger partial charge < -0.3 is 36.4 Å². The highest BCUT2D eigenvalue weighted by Gasteiger charge is 2.39. The summed E-state index contributed by atoms with van der Waals surface area (Å²) < 4.78 is 62.3. The summed E-state index contributed by atoms with van der Waals surface area (Å²) in [6, 6.07) is 54.0. The number of carbonyl (C=O) groups is 3. The van der Waals surface area contributed by atoms with Crippen LogP contribution in [0.5, 0.6) is 0 Å². The number of nitrogens with one attached hydrogen (secondary N) is 3. The molecule has 16 aromatic rings. The number of aryl methyl sites for hydroxylation is 5. The SMILES string of the molecule is Cc1cc(-c2ncccc2-c2ccc3c(c2)c(N)nn3C)ccc1F.Cc1cc(-c2ncccc2-c2ccc3ncc(C(=O)N[C@@H]4CN5CCC4CC5)n3c2)ccc1F.Cc1cc(-c2ncccc2-c2ccc3ncc(C(=O)N[C@H]4CN5CCC4CC5)n3c2)ccc1F.Cc1cc(-c2ncccc2-c2ccn3ncc(C(=O)N[C@@H]4CN5CCC4CC5)c3c2)ccc1F. The second-order valence-electron chi connectivity index (χ2n) is 34.2. The molecule has 20 heterocycles. The number of nitrogen functional groups attached to an aromatic ring is 1. The van der Waals surface area contributed by atoms with E-state index in [1.807, 2.05) is 162 Å². The molecule has 6 bridgehead atoms. The molecule has 9 aliphatic heterocycles. The third-order valence-electron chi connectivity index (χ3n) is 26.2. The average Bonchev–Trinajstić information content (AvgIpc) is 1.66. The summed E-state index contributed by atoms with van der Waals surface area (Å²) in [5, 5.41) is 19.4. The third kappa shape index (κ3) is 16.9. The van der Waals surface area contributed by atoms with Crippen LogP contribution in [0.15, 0.2) is 238 Å².